The highest BCUT2D eigenvalue weighted by Gasteiger charge is 2.54. The number of fused-ring (bicyclic) bond motifs is 1. The molecule has 2 unspecified atom stereocenters. The molecule has 0 aliphatic carbocycles. The first-order valence-corrected chi connectivity index (χ1v) is 13.7. The molecule has 2 atom stereocenters. The molecule has 0 aromatic carbocycles. The van der Waals surface area contributed by atoms with Gasteiger partial charge in [-0.05, 0) is 5.57 Å². The fourth-order valence-corrected chi connectivity index (χ4v) is 7.34. The Morgan fingerprint density at radius 2 is 2.14 bits per heavy atom. The molecular formula is C19H18N6O7S4. The van der Waals surface area contributed by atoms with Crippen molar-refractivity contribution in [2.75, 3.05) is 31.5 Å². The summed E-state index contributed by atoms with van der Waals surface area (Å²) in [6.45, 7) is 0. The Morgan fingerprint density at radius 1 is 1.36 bits per heavy atom. The van der Waals surface area contributed by atoms with Gasteiger partial charge in [0.15, 0.2) is 16.5 Å². The van der Waals surface area contributed by atoms with Crippen LogP contribution in [0.3, 0.4) is 0 Å². The molecule has 0 spiro atoms. The lowest BCUT2D eigenvalue weighted by Crippen LogP contribution is -2.71. The number of nitrogens with one attached hydrogen (secondary N) is 1. The van der Waals surface area contributed by atoms with Crippen LogP contribution >= 0.6 is 46.2 Å². The number of hydrogen-bond donors (Lipinski definition) is 3. The maximum Gasteiger partial charge on any atom is 0.358 e. The van der Waals surface area contributed by atoms with Crippen LogP contribution in [-0.2, 0) is 24.0 Å². The summed E-state index contributed by atoms with van der Waals surface area (Å²) >= 11 is 4.91. The number of carboxylic acid groups (broad SMARTS) is 1. The summed E-state index contributed by atoms with van der Waals surface area (Å²) in [4.78, 5) is 63.7. The first-order valence-electron chi connectivity index (χ1n) is 9.94. The van der Waals surface area contributed by atoms with Gasteiger partial charge in [-0.3, -0.25) is 14.5 Å². The number of hydrogen-bond acceptors (Lipinski definition) is 14. The fourth-order valence-electron chi connectivity index (χ4n) is 3.42. The average molecular weight is 571 g/mol. The van der Waals surface area contributed by atoms with Gasteiger partial charge >= 0.3 is 11.9 Å². The number of carboxylic acids is 1. The number of anilines is 1. The number of nitrogens with zero attached hydrogens (tertiary/aromatic N) is 4. The van der Waals surface area contributed by atoms with Crippen LogP contribution in [-0.4, -0.2) is 86.6 Å². The zero-order valence-corrected chi connectivity index (χ0v) is 21.9. The fraction of sp³-hybridized carbons (Fsp3) is 0.316. The summed E-state index contributed by atoms with van der Waals surface area (Å²) in [6, 6.07) is -0.962. The monoisotopic (exact) mass is 570 g/mol. The third-order valence-corrected chi connectivity index (χ3v) is 9.21. The predicted octanol–water partition coefficient (Wildman–Crippen LogP) is 0.850. The van der Waals surface area contributed by atoms with Crippen LogP contribution < -0.4 is 11.1 Å². The quantitative estimate of drug-likeness (QED) is 0.127. The van der Waals surface area contributed by atoms with Gasteiger partial charge in [0, 0.05) is 16.9 Å². The largest absolute Gasteiger partial charge is 0.477 e. The molecule has 4 heterocycles. The second-order valence-corrected chi connectivity index (χ2v) is 11.2. The smallest absolute Gasteiger partial charge is 0.358 e. The Balaban J connectivity index is 1.49. The van der Waals surface area contributed by atoms with Crippen molar-refractivity contribution < 1.29 is 33.9 Å². The van der Waals surface area contributed by atoms with Gasteiger partial charge in [0.05, 0.1) is 16.8 Å². The minimum atomic E-state index is -1.26. The lowest BCUT2D eigenvalue weighted by Gasteiger charge is -2.49. The number of carbonyl (C=O) groups excluding carboxylic acids is 3. The molecule has 36 heavy (non-hydrogen) atoms. The molecule has 13 nitrogen and oxygen atoms in total. The van der Waals surface area contributed by atoms with Crippen LogP contribution in [0.2, 0.25) is 0 Å². The Labute approximate surface area is 220 Å². The first kappa shape index (κ1) is 25.9. The Bertz CT molecular complexity index is 1290. The molecule has 2 amide bonds. The van der Waals surface area contributed by atoms with Gasteiger partial charge in [0.2, 0.25) is 0 Å². The summed E-state index contributed by atoms with van der Waals surface area (Å²) in [5.74, 6) is -2.58. The van der Waals surface area contributed by atoms with E-state index in [2.05, 4.69) is 20.4 Å². The van der Waals surface area contributed by atoms with Crippen molar-refractivity contribution in [1.29, 1.82) is 0 Å². The van der Waals surface area contributed by atoms with Crippen molar-refractivity contribution in [1.82, 2.24) is 20.2 Å². The summed E-state index contributed by atoms with van der Waals surface area (Å²) in [5, 5.41) is 17.3. The first-order chi connectivity index (χ1) is 17.3. The molecule has 1 fully saturated rings. The molecule has 1 saturated heterocycles. The Kier molecular flexibility index (Phi) is 7.82. The highest BCUT2D eigenvalue weighted by Crippen LogP contribution is 2.42. The van der Waals surface area contributed by atoms with Gasteiger partial charge < -0.3 is 25.7 Å². The van der Waals surface area contributed by atoms with E-state index in [0.29, 0.717) is 15.5 Å². The summed E-state index contributed by atoms with van der Waals surface area (Å²) in [6.07, 6.45) is 0. The number of rotatable bonds is 9. The van der Waals surface area contributed by atoms with Crippen molar-refractivity contribution in [3.8, 4) is 0 Å². The maximum atomic E-state index is 12.9. The number of nitrogens with two attached hydrogens (primary N) is 1. The van der Waals surface area contributed by atoms with E-state index < -0.39 is 35.2 Å². The molecule has 190 valence electrons. The number of β-lactam (4-membered cyclic amide) rings is 1. The van der Waals surface area contributed by atoms with E-state index in [0.717, 1.165) is 11.3 Å². The molecule has 17 heteroatoms. The van der Waals surface area contributed by atoms with Gasteiger partial charge in [0.25, 0.3) is 11.8 Å². The lowest BCUT2D eigenvalue weighted by atomic mass is 10.0. The SMILES string of the molecule is CO/N=C(/C(=O)NC1C(=O)N2C(C(=O)O)=C(CSc3scnc3C(=O)OC)CSC12)c1csc(N)n1. The number of amides is 2. The van der Waals surface area contributed by atoms with Crippen LogP contribution in [0.4, 0.5) is 5.13 Å². The molecule has 0 bridgehead atoms. The number of oxime groups is 1. The van der Waals surface area contributed by atoms with Crippen molar-refractivity contribution in [3.63, 3.8) is 0 Å². The van der Waals surface area contributed by atoms with E-state index in [1.54, 1.807) is 0 Å². The number of esters is 1. The number of thiazole rings is 2. The Hall–Kier alpha value is -3.15. The van der Waals surface area contributed by atoms with Gasteiger partial charge in [-0.1, -0.05) is 5.16 Å². The zero-order valence-electron chi connectivity index (χ0n) is 18.6. The van der Waals surface area contributed by atoms with E-state index in [4.69, 9.17) is 15.3 Å². The summed E-state index contributed by atoms with van der Waals surface area (Å²) in [7, 11) is 2.51. The van der Waals surface area contributed by atoms with E-state index in [1.807, 2.05) is 0 Å². The molecule has 2 aliphatic heterocycles. The minimum Gasteiger partial charge on any atom is -0.477 e. The number of nitrogen functional groups attached to an aromatic ring is 1. The summed E-state index contributed by atoms with van der Waals surface area (Å²) < 4.78 is 5.30. The van der Waals surface area contributed by atoms with Crippen molar-refractivity contribution in [2.24, 2.45) is 5.16 Å². The van der Waals surface area contributed by atoms with E-state index in [1.165, 1.54) is 64.9 Å². The third kappa shape index (κ3) is 4.91. The van der Waals surface area contributed by atoms with E-state index in [-0.39, 0.29) is 33.7 Å². The van der Waals surface area contributed by atoms with Gasteiger partial charge in [-0.25, -0.2) is 19.6 Å². The van der Waals surface area contributed by atoms with Crippen molar-refractivity contribution in [2.45, 2.75) is 15.6 Å². The molecule has 2 aliphatic rings. The number of carbonyl (C=O) groups is 4. The normalized spacial score (nSPS) is 19.4. The zero-order chi connectivity index (χ0) is 26.0. The molecule has 0 radical (unpaired) electrons. The van der Waals surface area contributed by atoms with Crippen LogP contribution in [0.5, 0.6) is 0 Å². The molecule has 0 saturated carbocycles. The van der Waals surface area contributed by atoms with Crippen LogP contribution in [0.25, 0.3) is 0 Å². The number of methoxy groups -OCH3 is 1. The number of thioether (sulfide) groups is 2. The van der Waals surface area contributed by atoms with E-state index >= 15 is 0 Å². The molecular weight excluding hydrogens is 553 g/mol. The molecule has 4 rings (SSSR count). The highest BCUT2D eigenvalue weighted by atomic mass is 32.2. The average Bonchev–Trinajstić information content (AvgIpc) is 3.51. The molecule has 4 N–H and O–H groups in total. The standard InChI is InChI=1S/C19H18N6O7S4/c1-31-17(30)11-18(36-6-21-11)34-4-7-3-33-15-10(14(27)25(15)12(7)16(28)29)23-13(26)9(24-32-2)8-5-35-19(20)22-8/h5-6,10,15H,3-4H2,1-2H3,(H2,20,22)(H,23,26)(H,28,29)/b24-9+. The van der Waals surface area contributed by atoms with Crippen molar-refractivity contribution in [3.05, 3.63) is 33.5 Å². The lowest BCUT2D eigenvalue weighted by molar-refractivity contribution is -0.150. The van der Waals surface area contributed by atoms with Crippen molar-refractivity contribution >= 4 is 80.8 Å². The van der Waals surface area contributed by atoms with Crippen LogP contribution in [0, 0.1) is 0 Å². The van der Waals surface area contributed by atoms with E-state index in [9.17, 15) is 24.3 Å². The highest BCUT2D eigenvalue weighted by molar-refractivity contribution is 8.02. The number of ether oxygens (including phenoxy) is 1. The van der Waals surface area contributed by atoms with Crippen LogP contribution in [0.15, 0.2) is 31.5 Å². The topological polar surface area (TPSA) is 186 Å². The number of aliphatic carboxylic acids is 1. The molecule has 2 aromatic heterocycles. The van der Waals surface area contributed by atoms with Crippen LogP contribution in [0.1, 0.15) is 16.2 Å². The number of aromatic nitrogens is 2. The minimum absolute atomic E-state index is 0.135. The second kappa shape index (κ2) is 10.9. The predicted molar refractivity (Wildman–Crippen MR) is 134 cm³/mol. The second-order valence-electron chi connectivity index (χ2n) is 7.08. The van der Waals surface area contributed by atoms with Gasteiger partial charge in [-0.2, -0.15) is 0 Å². The Morgan fingerprint density at radius 3 is 2.78 bits per heavy atom. The third-order valence-electron chi connectivity index (χ3n) is 4.99. The maximum absolute atomic E-state index is 12.9. The van der Waals surface area contributed by atoms with Gasteiger partial charge in [-0.15, -0.1) is 46.2 Å². The summed E-state index contributed by atoms with van der Waals surface area (Å²) in [5.41, 5.74) is 7.70. The molecule has 2 aromatic rings. The van der Waals surface area contributed by atoms with Gasteiger partial charge in [0.1, 0.15) is 29.9 Å².